The van der Waals surface area contributed by atoms with Gasteiger partial charge in [-0.25, -0.2) is 8.42 Å². The molecule has 176 valence electrons. The zero-order valence-electron chi connectivity index (χ0n) is 19.0. The number of rotatable bonds is 4. The van der Waals surface area contributed by atoms with Gasteiger partial charge in [0.2, 0.25) is 15.9 Å². The molecule has 1 saturated carbocycles. The number of sulfonamides is 1. The number of aryl methyl sites for hydroxylation is 1. The lowest BCUT2D eigenvalue weighted by atomic mass is 9.87. The summed E-state index contributed by atoms with van der Waals surface area (Å²) in [7, 11) is -3.73. The molecule has 2 aliphatic heterocycles. The summed E-state index contributed by atoms with van der Waals surface area (Å²) < 4.78 is 33.8. The van der Waals surface area contributed by atoms with E-state index in [0.717, 1.165) is 31.6 Å². The number of nitrogens with one attached hydrogen (secondary N) is 2. The fourth-order valence-electron chi connectivity index (χ4n) is 4.84. The van der Waals surface area contributed by atoms with Gasteiger partial charge in [0, 0.05) is 31.1 Å². The van der Waals surface area contributed by atoms with E-state index in [1.165, 1.54) is 10.4 Å². The highest BCUT2D eigenvalue weighted by molar-refractivity contribution is 7.89. The lowest BCUT2D eigenvalue weighted by molar-refractivity contribution is -0.127. The molecule has 2 amide bonds. The maximum absolute atomic E-state index is 13.3. The molecule has 0 aromatic heterocycles. The number of hydrogen-bond donors (Lipinski definition) is 2. The molecule has 2 fully saturated rings. The summed E-state index contributed by atoms with van der Waals surface area (Å²) in [5.41, 5.74) is 1.03. The van der Waals surface area contributed by atoms with Crippen LogP contribution in [0.5, 0.6) is 5.75 Å². The highest BCUT2D eigenvalue weighted by atomic mass is 32.2. The Kier molecular flexibility index (Phi) is 6.49. The first-order valence-electron chi connectivity index (χ1n) is 11.6. The molecule has 4 rings (SSSR count). The van der Waals surface area contributed by atoms with Crippen LogP contribution < -0.4 is 15.4 Å². The third-order valence-corrected chi connectivity index (χ3v) is 9.05. The van der Waals surface area contributed by atoms with Gasteiger partial charge in [-0.1, -0.05) is 6.92 Å². The van der Waals surface area contributed by atoms with Crippen LogP contribution in [0.3, 0.4) is 0 Å². The summed E-state index contributed by atoms with van der Waals surface area (Å²) in [5.74, 6) is 0.746. The highest BCUT2D eigenvalue weighted by Crippen LogP contribution is 2.36. The van der Waals surface area contributed by atoms with Gasteiger partial charge in [-0.05, 0) is 69.9 Å². The van der Waals surface area contributed by atoms with Crippen LogP contribution in [0, 0.1) is 18.8 Å². The van der Waals surface area contributed by atoms with Crippen molar-refractivity contribution in [3.8, 4) is 5.75 Å². The first kappa shape index (κ1) is 23.0. The molecule has 0 bridgehead atoms. The largest absolute Gasteiger partial charge is 0.479 e. The van der Waals surface area contributed by atoms with Crippen LogP contribution in [-0.4, -0.2) is 49.8 Å². The number of benzene rings is 1. The van der Waals surface area contributed by atoms with Crippen molar-refractivity contribution in [3.63, 3.8) is 0 Å². The predicted octanol–water partition coefficient (Wildman–Crippen LogP) is 2.81. The van der Waals surface area contributed by atoms with Gasteiger partial charge in [0.15, 0.2) is 6.10 Å². The maximum Gasteiger partial charge on any atom is 0.265 e. The van der Waals surface area contributed by atoms with Gasteiger partial charge >= 0.3 is 0 Å². The van der Waals surface area contributed by atoms with Crippen LogP contribution in [0.15, 0.2) is 17.0 Å². The quantitative estimate of drug-likeness (QED) is 0.714. The van der Waals surface area contributed by atoms with E-state index in [4.69, 9.17) is 4.74 Å². The number of amides is 2. The Bertz CT molecular complexity index is 993. The van der Waals surface area contributed by atoms with Crippen LogP contribution >= 0.6 is 0 Å². The van der Waals surface area contributed by atoms with Crippen LogP contribution in [0.25, 0.3) is 0 Å². The minimum absolute atomic E-state index is 0.0599. The van der Waals surface area contributed by atoms with Gasteiger partial charge in [-0.2, -0.15) is 4.31 Å². The van der Waals surface area contributed by atoms with Gasteiger partial charge in [0.1, 0.15) is 5.75 Å². The topological polar surface area (TPSA) is 105 Å². The van der Waals surface area contributed by atoms with Crippen molar-refractivity contribution in [2.24, 2.45) is 11.8 Å². The van der Waals surface area contributed by atoms with Gasteiger partial charge in [-0.15, -0.1) is 0 Å². The Morgan fingerprint density at radius 2 is 1.75 bits per heavy atom. The summed E-state index contributed by atoms with van der Waals surface area (Å²) in [6.45, 7) is 6.21. The molecule has 0 spiro atoms. The van der Waals surface area contributed by atoms with Gasteiger partial charge in [-0.3, -0.25) is 9.59 Å². The molecule has 1 aromatic rings. The van der Waals surface area contributed by atoms with E-state index < -0.39 is 16.1 Å². The molecule has 9 heteroatoms. The van der Waals surface area contributed by atoms with Crippen molar-refractivity contribution >= 4 is 27.5 Å². The van der Waals surface area contributed by atoms with E-state index in [1.54, 1.807) is 19.9 Å². The lowest BCUT2D eigenvalue weighted by Gasteiger charge is -2.33. The zero-order valence-corrected chi connectivity index (χ0v) is 19.8. The van der Waals surface area contributed by atoms with Crippen LogP contribution in [0.4, 0.5) is 5.69 Å². The average molecular weight is 464 g/mol. The number of nitrogens with zero attached hydrogens (tertiary/aromatic N) is 1. The second kappa shape index (κ2) is 9.02. The second-order valence-electron chi connectivity index (χ2n) is 9.51. The maximum atomic E-state index is 13.3. The third-order valence-electron chi connectivity index (χ3n) is 7.01. The number of hydrogen-bond acceptors (Lipinski definition) is 5. The Balaban J connectivity index is 1.40. The van der Waals surface area contributed by atoms with Gasteiger partial charge < -0.3 is 15.4 Å². The Morgan fingerprint density at radius 1 is 1.09 bits per heavy atom. The fraction of sp³-hybridized carbons (Fsp3) is 0.652. The van der Waals surface area contributed by atoms with Crippen LogP contribution in [0.1, 0.15) is 57.9 Å². The summed E-state index contributed by atoms with van der Waals surface area (Å²) in [4.78, 5) is 24.7. The van der Waals surface area contributed by atoms with E-state index >= 15 is 0 Å². The summed E-state index contributed by atoms with van der Waals surface area (Å²) in [6, 6.07) is 3.39. The summed E-state index contributed by atoms with van der Waals surface area (Å²) in [6.07, 6.45) is 4.70. The molecule has 1 aliphatic carbocycles. The number of fused-ring (bicyclic) bond motifs is 1. The minimum Gasteiger partial charge on any atom is -0.479 e. The van der Waals surface area contributed by atoms with E-state index in [9.17, 15) is 18.0 Å². The number of piperidine rings is 1. The van der Waals surface area contributed by atoms with Crippen molar-refractivity contribution in [2.75, 3.05) is 18.4 Å². The van der Waals surface area contributed by atoms with Crippen molar-refractivity contribution in [2.45, 2.75) is 76.3 Å². The third kappa shape index (κ3) is 4.64. The molecule has 1 atom stereocenters. The molecule has 32 heavy (non-hydrogen) atoms. The van der Waals surface area contributed by atoms with Crippen molar-refractivity contribution in [1.82, 2.24) is 9.62 Å². The molecular weight excluding hydrogens is 430 g/mol. The monoisotopic (exact) mass is 463 g/mol. The minimum atomic E-state index is -3.73. The summed E-state index contributed by atoms with van der Waals surface area (Å²) in [5, 5.41) is 5.93. The number of carbonyl (C=O) groups is 2. The Morgan fingerprint density at radius 3 is 2.41 bits per heavy atom. The lowest BCUT2D eigenvalue weighted by Crippen LogP contribution is -2.46. The molecule has 2 heterocycles. The van der Waals surface area contributed by atoms with E-state index in [2.05, 4.69) is 17.6 Å². The first-order chi connectivity index (χ1) is 15.1. The molecule has 0 unspecified atom stereocenters. The SMILES string of the molecule is Cc1cc2c(cc1S(=O)(=O)N1CCC(C(=O)NC3CCC(C)CC3)CC1)O[C@@H](C)C(=O)N2. The second-order valence-corrected chi connectivity index (χ2v) is 11.4. The molecule has 8 nitrogen and oxygen atoms in total. The fourth-order valence-corrected chi connectivity index (χ4v) is 6.53. The molecule has 1 saturated heterocycles. The van der Waals surface area contributed by atoms with Gasteiger partial charge in [0.05, 0.1) is 10.6 Å². The smallest absolute Gasteiger partial charge is 0.265 e. The van der Waals surface area contributed by atoms with E-state index in [0.29, 0.717) is 42.9 Å². The van der Waals surface area contributed by atoms with E-state index in [-0.39, 0.29) is 28.7 Å². The Hall–Kier alpha value is -2.13. The van der Waals surface area contributed by atoms with Crippen LogP contribution in [0.2, 0.25) is 0 Å². The molecular formula is C23H33N3O5S. The average Bonchev–Trinajstić information content (AvgIpc) is 2.76. The number of anilines is 1. The molecule has 2 N–H and O–H groups in total. The standard InChI is InChI=1S/C23H33N3O5S/c1-14-4-6-18(7-5-14)24-23(28)17-8-10-26(11-9-17)32(29,30)21-13-20-19(12-15(21)2)25-22(27)16(3)31-20/h12-14,16-18H,4-11H2,1-3H3,(H,24,28)(H,25,27)/t14?,16-,18?/m0/s1. The number of carbonyl (C=O) groups excluding carboxylic acids is 2. The summed E-state index contributed by atoms with van der Waals surface area (Å²) >= 11 is 0. The van der Waals surface area contributed by atoms with Gasteiger partial charge in [0.25, 0.3) is 5.91 Å². The molecule has 0 radical (unpaired) electrons. The molecule has 3 aliphatic rings. The first-order valence-corrected chi connectivity index (χ1v) is 13.0. The number of ether oxygens (including phenoxy) is 1. The Labute approximate surface area is 190 Å². The van der Waals surface area contributed by atoms with Crippen molar-refractivity contribution in [3.05, 3.63) is 17.7 Å². The predicted molar refractivity (Wildman–Crippen MR) is 121 cm³/mol. The van der Waals surface area contributed by atoms with Crippen LogP contribution in [-0.2, 0) is 19.6 Å². The zero-order chi connectivity index (χ0) is 23.0. The normalized spacial score (nSPS) is 27.2. The van der Waals surface area contributed by atoms with E-state index in [1.807, 2.05) is 0 Å². The molecule has 1 aromatic carbocycles. The highest BCUT2D eigenvalue weighted by Gasteiger charge is 2.35. The van der Waals surface area contributed by atoms with Crippen molar-refractivity contribution in [1.29, 1.82) is 0 Å². The van der Waals surface area contributed by atoms with Crippen molar-refractivity contribution < 1.29 is 22.7 Å².